The van der Waals surface area contributed by atoms with Crippen molar-refractivity contribution in [1.82, 2.24) is 0 Å². The van der Waals surface area contributed by atoms with Gasteiger partial charge >= 0.3 is 0 Å². The minimum atomic E-state index is -1.49. The van der Waals surface area contributed by atoms with Gasteiger partial charge in [0, 0.05) is 5.48 Å². The summed E-state index contributed by atoms with van der Waals surface area (Å²) in [5, 5.41) is 0. The van der Waals surface area contributed by atoms with E-state index in [2.05, 4.69) is 20.8 Å². The molecular weight excluding hydrogens is 204 g/mol. The SMILES string of the molecule is [2H]C([2H])(C)c1cc(C(C)(C)C)cc(C([2H])([2H])C)c1C(C)C. The third-order valence-electron chi connectivity index (χ3n) is 3.16. The van der Waals surface area contributed by atoms with Crippen LogP contribution in [0.2, 0.25) is 0 Å². The van der Waals surface area contributed by atoms with Crippen LogP contribution in [0, 0.1) is 0 Å². The molecule has 0 aromatic heterocycles. The number of benzene rings is 1. The van der Waals surface area contributed by atoms with E-state index in [1.54, 1.807) is 13.8 Å². The maximum atomic E-state index is 8.15. The minimum absolute atomic E-state index is 0.0778. The third-order valence-corrected chi connectivity index (χ3v) is 3.16. The highest BCUT2D eigenvalue weighted by atomic mass is 14.2. The highest BCUT2D eigenvalue weighted by Crippen LogP contribution is 2.31. The Morgan fingerprint density at radius 3 is 1.71 bits per heavy atom. The quantitative estimate of drug-likeness (QED) is 0.674. The zero-order chi connectivity index (χ0) is 16.8. The van der Waals surface area contributed by atoms with E-state index in [4.69, 9.17) is 5.48 Å². The second kappa shape index (κ2) is 5.25. The van der Waals surface area contributed by atoms with Crippen molar-refractivity contribution in [1.29, 1.82) is 0 Å². The molecule has 17 heavy (non-hydrogen) atoms. The Hall–Kier alpha value is -0.780. The molecule has 96 valence electrons. The van der Waals surface area contributed by atoms with Crippen LogP contribution >= 0.6 is 0 Å². The van der Waals surface area contributed by atoms with Gasteiger partial charge in [-0.2, -0.15) is 0 Å². The van der Waals surface area contributed by atoms with E-state index >= 15 is 0 Å². The highest BCUT2D eigenvalue weighted by Gasteiger charge is 2.18. The van der Waals surface area contributed by atoms with Crippen LogP contribution in [0.5, 0.6) is 0 Å². The number of rotatable bonds is 3. The van der Waals surface area contributed by atoms with Gasteiger partial charge in [-0.05, 0) is 46.3 Å². The monoisotopic (exact) mass is 236 g/mol. The largest absolute Gasteiger partial charge is 0.0613 e. The first-order valence-electron chi connectivity index (χ1n) is 8.35. The van der Waals surface area contributed by atoms with Crippen LogP contribution in [0.4, 0.5) is 0 Å². The molecular formula is C17H28. The minimum Gasteiger partial charge on any atom is -0.0613 e. The smallest absolute Gasteiger partial charge is 0.0313 e. The molecule has 0 unspecified atom stereocenters. The summed E-state index contributed by atoms with van der Waals surface area (Å²) in [4.78, 5) is 0. The molecule has 1 aromatic carbocycles. The van der Waals surface area contributed by atoms with Crippen molar-refractivity contribution >= 4 is 0 Å². The average Bonchev–Trinajstić information content (AvgIpc) is 2.23. The lowest BCUT2D eigenvalue weighted by atomic mass is 9.80. The van der Waals surface area contributed by atoms with Gasteiger partial charge in [0.05, 0.1) is 0 Å². The molecule has 0 aliphatic rings. The van der Waals surface area contributed by atoms with Crippen molar-refractivity contribution < 1.29 is 5.48 Å². The van der Waals surface area contributed by atoms with Gasteiger partial charge in [-0.1, -0.05) is 60.6 Å². The fraction of sp³-hybridized carbons (Fsp3) is 0.647. The van der Waals surface area contributed by atoms with Gasteiger partial charge < -0.3 is 0 Å². The molecule has 0 N–H and O–H groups in total. The molecule has 0 atom stereocenters. The van der Waals surface area contributed by atoms with Crippen LogP contribution in [-0.2, 0) is 18.2 Å². The first-order valence-corrected chi connectivity index (χ1v) is 6.35. The van der Waals surface area contributed by atoms with Gasteiger partial charge in [-0.15, -0.1) is 0 Å². The maximum Gasteiger partial charge on any atom is 0.0313 e. The molecule has 0 bridgehead atoms. The molecule has 0 saturated carbocycles. The van der Waals surface area contributed by atoms with Gasteiger partial charge in [0.15, 0.2) is 0 Å². The summed E-state index contributed by atoms with van der Waals surface area (Å²) in [5.41, 5.74) is 2.88. The Labute approximate surface area is 113 Å². The molecule has 0 amide bonds. The Balaban J connectivity index is 3.85. The molecule has 0 aliphatic carbocycles. The lowest BCUT2D eigenvalue weighted by Crippen LogP contribution is -2.14. The van der Waals surface area contributed by atoms with Crippen LogP contribution in [-0.4, -0.2) is 0 Å². The van der Waals surface area contributed by atoms with Gasteiger partial charge in [0.25, 0.3) is 0 Å². The summed E-state index contributed by atoms with van der Waals surface area (Å²) in [5.74, 6) is 0.0778. The molecule has 0 fully saturated rings. The third kappa shape index (κ3) is 3.12. The first-order chi connectivity index (χ1) is 9.15. The van der Waals surface area contributed by atoms with E-state index in [9.17, 15) is 0 Å². The summed E-state index contributed by atoms with van der Waals surface area (Å²) < 4.78 is 32.6. The number of hydrogen-bond acceptors (Lipinski definition) is 0. The van der Waals surface area contributed by atoms with E-state index < -0.39 is 12.7 Å². The first kappa shape index (κ1) is 9.19. The van der Waals surface area contributed by atoms with E-state index in [0.29, 0.717) is 11.1 Å². The summed E-state index contributed by atoms with van der Waals surface area (Å²) in [6, 6.07) is 3.84. The molecule has 0 saturated heterocycles. The van der Waals surface area contributed by atoms with Crippen molar-refractivity contribution in [3.63, 3.8) is 0 Å². The van der Waals surface area contributed by atoms with Gasteiger partial charge in [0.1, 0.15) is 0 Å². The Morgan fingerprint density at radius 2 is 1.47 bits per heavy atom. The Bertz CT molecular complexity index is 476. The fourth-order valence-electron chi connectivity index (χ4n) is 2.12. The standard InChI is InChI=1S/C17H28/c1-8-13-10-15(17(5,6)7)11-14(9-2)16(13)12(3)4/h10-12H,8-9H2,1-7H3/i8D2,9D2. The molecule has 0 radical (unpaired) electrons. The highest BCUT2D eigenvalue weighted by molar-refractivity contribution is 5.43. The molecule has 0 spiro atoms. The van der Waals surface area contributed by atoms with Crippen molar-refractivity contribution in [2.45, 2.75) is 72.5 Å². The van der Waals surface area contributed by atoms with Crippen molar-refractivity contribution in [2.75, 3.05) is 0 Å². The van der Waals surface area contributed by atoms with Crippen LogP contribution in [0.15, 0.2) is 12.1 Å². The van der Waals surface area contributed by atoms with Gasteiger partial charge in [-0.25, -0.2) is 0 Å². The number of hydrogen-bond donors (Lipinski definition) is 0. The molecule has 0 aliphatic heterocycles. The average molecular weight is 236 g/mol. The predicted octanol–water partition coefficient (Wildman–Crippen LogP) is 5.23. The normalized spacial score (nSPS) is 17.4. The van der Waals surface area contributed by atoms with Crippen LogP contribution in [0.25, 0.3) is 0 Å². The summed E-state index contributed by atoms with van der Waals surface area (Å²) >= 11 is 0. The fourth-order valence-corrected chi connectivity index (χ4v) is 2.12. The molecule has 0 heterocycles. The van der Waals surface area contributed by atoms with Crippen molar-refractivity contribution in [3.8, 4) is 0 Å². The van der Waals surface area contributed by atoms with Crippen LogP contribution in [0.3, 0.4) is 0 Å². The molecule has 0 nitrogen and oxygen atoms in total. The van der Waals surface area contributed by atoms with Gasteiger partial charge in [0.2, 0.25) is 0 Å². The summed E-state index contributed by atoms with van der Waals surface area (Å²) in [6.07, 6.45) is -2.97. The Kier molecular flexibility index (Phi) is 2.84. The van der Waals surface area contributed by atoms with E-state index in [0.717, 1.165) is 11.1 Å². The summed E-state index contributed by atoms with van der Waals surface area (Å²) in [6.45, 7) is 13.3. The van der Waals surface area contributed by atoms with Crippen LogP contribution in [0.1, 0.15) is 82.1 Å². The molecule has 1 rings (SSSR count). The van der Waals surface area contributed by atoms with Crippen molar-refractivity contribution in [3.05, 3.63) is 34.4 Å². The lowest BCUT2D eigenvalue weighted by molar-refractivity contribution is 0.587. The topological polar surface area (TPSA) is 0 Å². The lowest BCUT2D eigenvalue weighted by Gasteiger charge is -2.25. The zero-order valence-corrected chi connectivity index (χ0v) is 12.2. The maximum absolute atomic E-state index is 8.15. The predicted molar refractivity (Wildman–Crippen MR) is 78.0 cm³/mol. The second-order valence-corrected chi connectivity index (χ2v) is 5.89. The molecule has 1 aromatic rings. The van der Waals surface area contributed by atoms with Gasteiger partial charge in [-0.3, -0.25) is 0 Å². The Morgan fingerprint density at radius 1 is 1.06 bits per heavy atom. The van der Waals surface area contributed by atoms with Crippen LogP contribution < -0.4 is 0 Å². The zero-order valence-electron chi connectivity index (χ0n) is 16.2. The molecule has 0 heteroatoms. The second-order valence-electron chi connectivity index (χ2n) is 5.89. The summed E-state index contributed by atoms with van der Waals surface area (Å²) in [7, 11) is 0. The van der Waals surface area contributed by atoms with Crippen molar-refractivity contribution in [2.24, 2.45) is 0 Å². The van der Waals surface area contributed by atoms with E-state index in [-0.39, 0.29) is 11.3 Å². The number of aryl methyl sites for hydroxylation is 2. The van der Waals surface area contributed by atoms with E-state index in [1.807, 2.05) is 26.0 Å². The van der Waals surface area contributed by atoms with E-state index in [1.165, 1.54) is 0 Å².